The van der Waals surface area contributed by atoms with Crippen molar-refractivity contribution in [3.63, 3.8) is 0 Å². The molecule has 0 amide bonds. The summed E-state index contributed by atoms with van der Waals surface area (Å²) in [5, 5.41) is 10.6. The molecular formula is C14H14ClNO4S2. The first-order chi connectivity index (χ1) is 10.2. The van der Waals surface area contributed by atoms with Crippen molar-refractivity contribution in [1.82, 2.24) is 4.31 Å². The monoisotopic (exact) mass is 359 g/mol. The molecule has 8 heteroatoms. The summed E-state index contributed by atoms with van der Waals surface area (Å²) in [5.74, 6) is -0.965. The number of carboxylic acids is 1. The van der Waals surface area contributed by atoms with Gasteiger partial charge < -0.3 is 5.11 Å². The number of hydrogen-bond donors (Lipinski definition) is 1. The van der Waals surface area contributed by atoms with E-state index in [1.165, 1.54) is 15.6 Å². The lowest BCUT2D eigenvalue weighted by Crippen LogP contribution is -2.34. The molecule has 3 rings (SSSR count). The summed E-state index contributed by atoms with van der Waals surface area (Å²) in [6.07, 6.45) is 0.318. The van der Waals surface area contributed by atoms with Crippen LogP contribution in [-0.4, -0.2) is 36.9 Å². The minimum atomic E-state index is -3.67. The molecule has 0 spiro atoms. The molecule has 2 aromatic rings. The van der Waals surface area contributed by atoms with Crippen molar-refractivity contribution in [1.29, 1.82) is 0 Å². The number of aliphatic carboxylic acids is 1. The third-order valence-electron chi connectivity index (χ3n) is 4.00. The first kappa shape index (κ1) is 15.7. The molecule has 1 saturated heterocycles. The normalized spacial score (nSPS) is 23.2. The third kappa shape index (κ3) is 2.52. The van der Waals surface area contributed by atoms with Gasteiger partial charge in [-0.3, -0.25) is 4.79 Å². The zero-order valence-corrected chi connectivity index (χ0v) is 14.1. The zero-order chi connectivity index (χ0) is 16.1. The summed E-state index contributed by atoms with van der Waals surface area (Å²) >= 11 is 7.09. The van der Waals surface area contributed by atoms with Gasteiger partial charge in [0.05, 0.1) is 5.41 Å². The molecule has 1 aliphatic heterocycles. The van der Waals surface area contributed by atoms with Gasteiger partial charge in [-0.05, 0) is 43.0 Å². The van der Waals surface area contributed by atoms with Crippen LogP contribution in [0.15, 0.2) is 28.5 Å². The second-order valence-electron chi connectivity index (χ2n) is 5.70. The van der Waals surface area contributed by atoms with E-state index in [0.29, 0.717) is 11.4 Å². The number of hydrogen-bond acceptors (Lipinski definition) is 4. The van der Waals surface area contributed by atoms with Crippen LogP contribution in [0.4, 0.5) is 0 Å². The Morgan fingerprint density at radius 3 is 2.77 bits per heavy atom. The summed E-state index contributed by atoms with van der Waals surface area (Å²) < 4.78 is 27.7. The quantitative estimate of drug-likeness (QED) is 0.914. The van der Waals surface area contributed by atoms with E-state index in [0.717, 1.165) is 10.1 Å². The highest BCUT2D eigenvalue weighted by atomic mass is 35.5. The van der Waals surface area contributed by atoms with E-state index >= 15 is 0 Å². The number of halogens is 1. The highest BCUT2D eigenvalue weighted by Gasteiger charge is 2.45. The molecular weight excluding hydrogens is 346 g/mol. The van der Waals surface area contributed by atoms with E-state index in [1.807, 2.05) is 0 Å². The summed E-state index contributed by atoms with van der Waals surface area (Å²) in [4.78, 5) is 11.3. The average molecular weight is 360 g/mol. The molecule has 1 aromatic carbocycles. The van der Waals surface area contributed by atoms with Gasteiger partial charge in [-0.15, -0.1) is 11.3 Å². The molecule has 0 bridgehead atoms. The predicted molar refractivity (Wildman–Crippen MR) is 86.0 cm³/mol. The maximum Gasteiger partial charge on any atom is 0.310 e. The molecule has 1 aliphatic rings. The van der Waals surface area contributed by atoms with Crippen molar-refractivity contribution in [3.05, 3.63) is 29.3 Å². The molecule has 22 heavy (non-hydrogen) atoms. The Hall–Kier alpha value is -1.15. The molecule has 0 aliphatic carbocycles. The number of rotatable bonds is 3. The van der Waals surface area contributed by atoms with Crippen molar-refractivity contribution >= 4 is 49.0 Å². The average Bonchev–Trinajstić information content (AvgIpc) is 3.03. The smallest absolute Gasteiger partial charge is 0.310 e. The lowest BCUT2D eigenvalue weighted by molar-refractivity contribution is -0.146. The number of carboxylic acid groups (broad SMARTS) is 1. The number of benzene rings is 1. The van der Waals surface area contributed by atoms with Crippen LogP contribution in [0.3, 0.4) is 0 Å². The van der Waals surface area contributed by atoms with Gasteiger partial charge in [0.1, 0.15) is 4.21 Å². The Morgan fingerprint density at radius 2 is 2.14 bits per heavy atom. The van der Waals surface area contributed by atoms with Crippen LogP contribution >= 0.6 is 22.9 Å². The minimum Gasteiger partial charge on any atom is -0.481 e. The summed E-state index contributed by atoms with van der Waals surface area (Å²) in [6, 6.07) is 6.82. The summed E-state index contributed by atoms with van der Waals surface area (Å²) in [6.45, 7) is 1.80. The molecule has 0 radical (unpaired) electrons. The van der Waals surface area contributed by atoms with Crippen LogP contribution in [0, 0.1) is 5.41 Å². The molecule has 118 valence electrons. The number of fused-ring (bicyclic) bond motifs is 1. The Balaban J connectivity index is 1.97. The van der Waals surface area contributed by atoms with Crippen LogP contribution in [0.5, 0.6) is 0 Å². The molecule has 1 N–H and O–H groups in total. The molecule has 1 fully saturated rings. The molecule has 1 unspecified atom stereocenters. The van der Waals surface area contributed by atoms with E-state index in [4.69, 9.17) is 11.6 Å². The van der Waals surface area contributed by atoms with Crippen LogP contribution < -0.4 is 0 Å². The van der Waals surface area contributed by atoms with E-state index in [9.17, 15) is 18.3 Å². The lowest BCUT2D eigenvalue weighted by atomic mass is 9.90. The maximum atomic E-state index is 12.7. The number of thiophene rings is 1. The number of nitrogens with zero attached hydrogens (tertiary/aromatic N) is 1. The van der Waals surface area contributed by atoms with Crippen LogP contribution in [0.1, 0.15) is 13.3 Å². The van der Waals surface area contributed by atoms with Crippen molar-refractivity contribution in [2.24, 2.45) is 5.41 Å². The van der Waals surface area contributed by atoms with Gasteiger partial charge in [0.15, 0.2) is 0 Å². The van der Waals surface area contributed by atoms with Gasteiger partial charge in [-0.1, -0.05) is 11.6 Å². The Morgan fingerprint density at radius 1 is 1.41 bits per heavy atom. The van der Waals surface area contributed by atoms with E-state index < -0.39 is 21.4 Å². The third-order valence-corrected chi connectivity index (χ3v) is 7.65. The van der Waals surface area contributed by atoms with Gasteiger partial charge in [-0.2, -0.15) is 4.31 Å². The fourth-order valence-electron chi connectivity index (χ4n) is 2.54. The number of sulfonamides is 1. The maximum absolute atomic E-state index is 12.7. The molecule has 2 heterocycles. The SMILES string of the molecule is CC1(C(=O)O)CCN(S(=O)(=O)c2cc3cc(Cl)ccc3s2)C1. The Bertz CT molecular complexity index is 861. The first-order valence-electron chi connectivity index (χ1n) is 6.65. The van der Waals surface area contributed by atoms with E-state index in [2.05, 4.69) is 0 Å². The van der Waals surface area contributed by atoms with Crippen molar-refractivity contribution in [2.75, 3.05) is 13.1 Å². The standard InChI is InChI=1S/C14H14ClNO4S2/c1-14(13(17)18)4-5-16(8-14)22(19,20)12-7-9-6-10(15)2-3-11(9)21-12/h2-3,6-7H,4-5,8H2,1H3,(H,17,18). The largest absolute Gasteiger partial charge is 0.481 e. The predicted octanol–water partition coefficient (Wildman–Crippen LogP) is 3.04. The topological polar surface area (TPSA) is 74.7 Å². The van der Waals surface area contributed by atoms with Gasteiger partial charge in [0.2, 0.25) is 0 Å². The first-order valence-corrected chi connectivity index (χ1v) is 9.28. The second-order valence-corrected chi connectivity index (χ2v) is 9.39. The van der Waals surface area contributed by atoms with Gasteiger partial charge in [0, 0.05) is 22.8 Å². The van der Waals surface area contributed by atoms with Crippen LogP contribution in [0.25, 0.3) is 10.1 Å². The van der Waals surface area contributed by atoms with Crippen LogP contribution in [-0.2, 0) is 14.8 Å². The summed E-state index contributed by atoms with van der Waals surface area (Å²) in [5.41, 5.74) is -1.02. The minimum absolute atomic E-state index is 0.000329. The van der Waals surface area contributed by atoms with E-state index in [1.54, 1.807) is 31.2 Å². The second kappa shape index (κ2) is 5.19. The van der Waals surface area contributed by atoms with Crippen molar-refractivity contribution < 1.29 is 18.3 Å². The molecule has 1 atom stereocenters. The zero-order valence-electron chi connectivity index (χ0n) is 11.7. The lowest BCUT2D eigenvalue weighted by Gasteiger charge is -2.19. The van der Waals surface area contributed by atoms with Crippen molar-refractivity contribution in [2.45, 2.75) is 17.6 Å². The highest BCUT2D eigenvalue weighted by Crippen LogP contribution is 2.37. The van der Waals surface area contributed by atoms with Gasteiger partial charge >= 0.3 is 5.97 Å². The van der Waals surface area contributed by atoms with Crippen LogP contribution in [0.2, 0.25) is 5.02 Å². The highest BCUT2D eigenvalue weighted by molar-refractivity contribution is 7.91. The van der Waals surface area contributed by atoms with Gasteiger partial charge in [-0.25, -0.2) is 8.42 Å². The fourth-order valence-corrected chi connectivity index (χ4v) is 5.82. The Labute approximate surface area is 137 Å². The van der Waals surface area contributed by atoms with Gasteiger partial charge in [0.25, 0.3) is 10.0 Å². The fraction of sp³-hybridized carbons (Fsp3) is 0.357. The molecule has 5 nitrogen and oxygen atoms in total. The van der Waals surface area contributed by atoms with E-state index in [-0.39, 0.29) is 17.3 Å². The molecule has 1 aromatic heterocycles. The Kier molecular flexibility index (Phi) is 3.71. The van der Waals surface area contributed by atoms with Crippen molar-refractivity contribution in [3.8, 4) is 0 Å². The number of carbonyl (C=O) groups is 1. The molecule has 0 saturated carbocycles. The summed E-state index contributed by atoms with van der Waals surface area (Å²) in [7, 11) is -3.67.